The lowest BCUT2D eigenvalue weighted by Crippen LogP contribution is -2.30. The molecule has 0 heterocycles. The second-order valence-electron chi connectivity index (χ2n) is 24.8. The standard InChI is InChI=1S/C79H134O17P2/c1-5-9-13-17-21-25-29-33-35-36-38-42-44-48-52-56-60-64-77(82)90-70-75(96-79(84)66-62-58-54-50-46-40-32-28-24-20-16-12-8-4)72-94-98(87,88)92-68-73(80)67-91-97(85,86)93-71-74(95-78(83)65-61-57-53-49-45-39-31-27-23-19-15-11-7-3)69-89-76(81)63-59-55-51-47-43-41-37-34-30-26-22-18-14-10-6-2/h9-10,13-14,16,20-22,25-26,28,32-35,37-38,42-43,47,73-75,80H,5-8,11-12,15,17-19,23-24,27,29-31,36,39-41,44-46,48-72H2,1-4H3,(H,85,86)(H,87,88)/b13-9-,14-10-,20-16-,25-21-,26-22-,32-28-,35-33-,37-34-,42-38-,47-43-. The van der Waals surface area contributed by atoms with Crippen molar-refractivity contribution in [3.05, 3.63) is 122 Å². The second-order valence-corrected chi connectivity index (χ2v) is 27.7. The van der Waals surface area contributed by atoms with Crippen molar-refractivity contribution >= 4 is 39.5 Å². The van der Waals surface area contributed by atoms with Gasteiger partial charge >= 0.3 is 39.5 Å². The fourth-order valence-corrected chi connectivity index (χ4v) is 11.3. The number of phosphoric ester groups is 2. The number of allylic oxidation sites excluding steroid dienone is 20. The van der Waals surface area contributed by atoms with Crippen molar-refractivity contribution in [2.24, 2.45) is 0 Å². The average molecular weight is 1420 g/mol. The van der Waals surface area contributed by atoms with Crippen LogP contribution in [0.3, 0.4) is 0 Å². The van der Waals surface area contributed by atoms with E-state index >= 15 is 0 Å². The Balaban J connectivity index is 5.39. The summed E-state index contributed by atoms with van der Waals surface area (Å²) in [4.78, 5) is 72.8. The van der Waals surface area contributed by atoms with Crippen molar-refractivity contribution < 1.29 is 80.2 Å². The first kappa shape index (κ1) is 93.5. The van der Waals surface area contributed by atoms with Crippen LogP contribution in [0.4, 0.5) is 0 Å². The lowest BCUT2D eigenvalue weighted by Gasteiger charge is -2.21. The molecule has 19 heteroatoms. The molecular formula is C79H134O17P2. The van der Waals surface area contributed by atoms with Crippen LogP contribution in [0, 0.1) is 0 Å². The fourth-order valence-electron chi connectivity index (χ4n) is 9.71. The summed E-state index contributed by atoms with van der Waals surface area (Å²) < 4.78 is 68.4. The first-order valence-electron chi connectivity index (χ1n) is 37.8. The van der Waals surface area contributed by atoms with Crippen molar-refractivity contribution in [1.82, 2.24) is 0 Å². The molecule has 562 valence electrons. The number of esters is 4. The Morgan fingerprint density at radius 1 is 0.296 bits per heavy atom. The third-order valence-electron chi connectivity index (χ3n) is 15.4. The van der Waals surface area contributed by atoms with Gasteiger partial charge in [0.25, 0.3) is 0 Å². The highest BCUT2D eigenvalue weighted by Crippen LogP contribution is 2.45. The molecule has 98 heavy (non-hydrogen) atoms. The number of hydrogen-bond acceptors (Lipinski definition) is 15. The minimum Gasteiger partial charge on any atom is -0.462 e. The molecule has 5 atom stereocenters. The summed E-state index contributed by atoms with van der Waals surface area (Å²) in [5.41, 5.74) is 0. The highest BCUT2D eigenvalue weighted by Gasteiger charge is 2.30. The zero-order valence-electron chi connectivity index (χ0n) is 61.2. The van der Waals surface area contributed by atoms with Crippen LogP contribution in [0.2, 0.25) is 0 Å². The Morgan fingerprint density at radius 3 is 0.878 bits per heavy atom. The summed E-state index contributed by atoms with van der Waals surface area (Å²) in [6.45, 7) is 4.49. The lowest BCUT2D eigenvalue weighted by atomic mass is 10.0. The van der Waals surface area contributed by atoms with Gasteiger partial charge in [-0.25, -0.2) is 9.13 Å². The van der Waals surface area contributed by atoms with Crippen LogP contribution < -0.4 is 0 Å². The molecule has 3 N–H and O–H groups in total. The van der Waals surface area contributed by atoms with Gasteiger partial charge in [-0.2, -0.15) is 0 Å². The number of hydrogen-bond donors (Lipinski definition) is 3. The summed E-state index contributed by atoms with van der Waals surface area (Å²) in [6.07, 6.45) is 76.2. The highest BCUT2D eigenvalue weighted by atomic mass is 31.2. The van der Waals surface area contributed by atoms with E-state index in [9.17, 15) is 43.2 Å². The van der Waals surface area contributed by atoms with E-state index in [-0.39, 0.29) is 25.7 Å². The number of carbonyl (C=O) groups excluding carboxylic acids is 4. The molecule has 0 saturated heterocycles. The minimum atomic E-state index is -4.99. The Morgan fingerprint density at radius 2 is 0.551 bits per heavy atom. The van der Waals surface area contributed by atoms with Gasteiger partial charge in [-0.1, -0.05) is 265 Å². The maximum atomic E-state index is 13.1. The molecule has 17 nitrogen and oxygen atoms in total. The van der Waals surface area contributed by atoms with Gasteiger partial charge in [0.05, 0.1) is 26.4 Å². The number of carbonyl (C=O) groups is 4. The van der Waals surface area contributed by atoms with Crippen molar-refractivity contribution in [3.63, 3.8) is 0 Å². The van der Waals surface area contributed by atoms with Crippen LogP contribution in [0.1, 0.15) is 297 Å². The quantitative estimate of drug-likeness (QED) is 0.0169. The third-order valence-corrected chi connectivity index (χ3v) is 17.3. The van der Waals surface area contributed by atoms with E-state index in [0.717, 1.165) is 167 Å². The number of aliphatic hydroxyl groups is 1. The molecule has 0 bridgehead atoms. The van der Waals surface area contributed by atoms with Gasteiger partial charge in [-0.05, 0) is 128 Å². The molecule has 0 radical (unpaired) electrons. The number of unbranched alkanes of at least 4 members (excludes halogenated alkanes) is 24. The molecule has 0 amide bonds. The molecule has 0 rings (SSSR count). The van der Waals surface area contributed by atoms with Gasteiger partial charge in [-0.3, -0.25) is 37.3 Å². The van der Waals surface area contributed by atoms with Crippen molar-refractivity contribution in [3.8, 4) is 0 Å². The number of rotatable bonds is 70. The van der Waals surface area contributed by atoms with Crippen LogP contribution in [-0.4, -0.2) is 96.7 Å². The molecule has 0 saturated carbocycles. The second kappa shape index (κ2) is 70.9. The summed E-state index contributed by atoms with van der Waals surface area (Å²) in [7, 11) is -9.97. The molecule has 0 aromatic carbocycles. The number of phosphoric acid groups is 2. The lowest BCUT2D eigenvalue weighted by molar-refractivity contribution is -0.161. The molecule has 0 aliphatic rings. The normalized spacial score (nSPS) is 14.6. The maximum Gasteiger partial charge on any atom is 0.472 e. The largest absolute Gasteiger partial charge is 0.472 e. The Bertz CT molecular complexity index is 2340. The third kappa shape index (κ3) is 69.9. The summed E-state index contributed by atoms with van der Waals surface area (Å²) in [5.74, 6) is -2.26. The van der Waals surface area contributed by atoms with E-state index in [1.807, 2.05) is 0 Å². The van der Waals surface area contributed by atoms with E-state index < -0.39 is 97.5 Å². The van der Waals surface area contributed by atoms with Crippen molar-refractivity contribution in [1.29, 1.82) is 0 Å². The predicted molar refractivity (Wildman–Crippen MR) is 399 cm³/mol. The Hall–Kier alpha value is -4.54. The van der Waals surface area contributed by atoms with Crippen LogP contribution in [-0.2, 0) is 65.4 Å². The van der Waals surface area contributed by atoms with Crippen LogP contribution in [0.5, 0.6) is 0 Å². The van der Waals surface area contributed by atoms with Crippen molar-refractivity contribution in [2.75, 3.05) is 39.6 Å². The van der Waals surface area contributed by atoms with Gasteiger partial charge in [0.1, 0.15) is 19.3 Å². The molecular weight excluding hydrogens is 1280 g/mol. The molecule has 0 spiro atoms. The molecule has 0 fully saturated rings. The first-order valence-corrected chi connectivity index (χ1v) is 40.8. The highest BCUT2D eigenvalue weighted by molar-refractivity contribution is 7.47. The van der Waals surface area contributed by atoms with Gasteiger partial charge < -0.3 is 33.8 Å². The SMILES string of the molecule is CC/C=C\C/C=C\C/C=C\C/C=C\CCCCCCC(=O)OCC(COP(=O)(O)OCC(O)COP(=O)(O)OCC(COC(=O)CCCC/C=C\C/C=C\C/C=C\C/C=C\CC)OC(=O)CCCCCCCCCCCCCCC)OC(=O)CCCCCCC/C=C\C/C=C\CCC. The summed E-state index contributed by atoms with van der Waals surface area (Å²) in [5, 5.41) is 10.6. The van der Waals surface area contributed by atoms with Gasteiger partial charge in [0, 0.05) is 25.7 Å². The summed E-state index contributed by atoms with van der Waals surface area (Å²) >= 11 is 0. The number of aliphatic hydroxyl groups excluding tert-OH is 1. The van der Waals surface area contributed by atoms with Crippen molar-refractivity contribution in [2.45, 2.75) is 316 Å². The molecule has 5 unspecified atom stereocenters. The van der Waals surface area contributed by atoms with E-state index in [1.165, 1.54) is 51.4 Å². The van der Waals surface area contributed by atoms with Crippen LogP contribution >= 0.6 is 15.6 Å². The van der Waals surface area contributed by atoms with Crippen LogP contribution in [0.15, 0.2) is 122 Å². The van der Waals surface area contributed by atoms with Gasteiger partial charge in [0.15, 0.2) is 12.2 Å². The van der Waals surface area contributed by atoms with E-state index in [1.54, 1.807) is 0 Å². The predicted octanol–water partition coefficient (Wildman–Crippen LogP) is 21.6. The monoisotopic (exact) mass is 1420 g/mol. The average Bonchev–Trinajstić information content (AvgIpc) is 0.969. The maximum absolute atomic E-state index is 13.1. The first-order chi connectivity index (χ1) is 47.7. The number of ether oxygens (including phenoxy) is 4. The molecule has 0 aliphatic carbocycles. The van der Waals surface area contributed by atoms with Crippen LogP contribution in [0.25, 0.3) is 0 Å². The topological polar surface area (TPSA) is 237 Å². The van der Waals surface area contributed by atoms with Gasteiger partial charge in [-0.15, -0.1) is 0 Å². The van der Waals surface area contributed by atoms with Gasteiger partial charge in [0.2, 0.25) is 0 Å². The molecule has 0 aromatic rings. The fraction of sp³-hybridized carbons (Fsp3) is 0.696. The van der Waals surface area contributed by atoms with E-state index in [0.29, 0.717) is 25.7 Å². The zero-order valence-corrected chi connectivity index (χ0v) is 63.0. The Labute approximate surface area is 593 Å². The van der Waals surface area contributed by atoms with E-state index in [2.05, 4.69) is 149 Å². The summed E-state index contributed by atoms with van der Waals surface area (Å²) in [6, 6.07) is 0. The zero-order chi connectivity index (χ0) is 71.8. The Kier molecular flexibility index (Phi) is 67.6. The molecule has 0 aromatic heterocycles. The van der Waals surface area contributed by atoms with E-state index in [4.69, 9.17) is 37.0 Å². The molecule has 0 aliphatic heterocycles. The minimum absolute atomic E-state index is 0.0701. The smallest absolute Gasteiger partial charge is 0.462 e.